The molecule has 0 heterocycles. The summed E-state index contributed by atoms with van der Waals surface area (Å²) in [6.07, 6.45) is 0.362. The predicted octanol–water partition coefficient (Wildman–Crippen LogP) is 2.36. The second kappa shape index (κ2) is 4.65. The average molecular weight is 238 g/mol. The van der Waals surface area contributed by atoms with E-state index in [0.29, 0.717) is 12.2 Å². The predicted molar refractivity (Wildman–Crippen MR) is 64.5 cm³/mol. The van der Waals surface area contributed by atoms with Crippen LogP contribution in [0.1, 0.15) is 25.0 Å². The number of benzene rings is 1. The van der Waals surface area contributed by atoms with E-state index < -0.39 is 11.4 Å². The molecule has 4 nitrogen and oxygen atoms in total. The Labute approximate surface area is 101 Å². The molecule has 0 unspecified atom stereocenters. The van der Waals surface area contributed by atoms with Crippen molar-refractivity contribution in [2.45, 2.75) is 27.2 Å². The van der Waals surface area contributed by atoms with Crippen LogP contribution in [-0.4, -0.2) is 23.3 Å². The number of ether oxygens (including phenoxy) is 1. The molecule has 1 aromatic carbocycles. The van der Waals surface area contributed by atoms with Crippen LogP contribution < -0.4 is 4.74 Å². The van der Waals surface area contributed by atoms with Gasteiger partial charge < -0.3 is 14.9 Å². The van der Waals surface area contributed by atoms with Gasteiger partial charge in [-0.25, -0.2) is 0 Å². The number of hydrogen-bond acceptors (Lipinski definition) is 3. The number of phenolic OH excluding ortho intramolecular Hbond substituents is 1. The molecule has 2 N–H and O–H groups in total. The zero-order chi connectivity index (χ0) is 13.2. The van der Waals surface area contributed by atoms with Crippen molar-refractivity contribution >= 4 is 5.97 Å². The fourth-order valence-electron chi connectivity index (χ4n) is 1.78. The maximum atomic E-state index is 11.0. The number of aryl methyl sites for hydroxylation is 1. The van der Waals surface area contributed by atoms with Crippen LogP contribution in [0.4, 0.5) is 0 Å². The molecule has 0 aliphatic rings. The number of hydrogen-bond donors (Lipinski definition) is 2. The molecule has 0 saturated carbocycles. The number of carboxylic acids is 1. The highest BCUT2D eigenvalue weighted by atomic mass is 16.5. The number of methoxy groups -OCH3 is 1. The Balaban J connectivity index is 3.06. The summed E-state index contributed by atoms with van der Waals surface area (Å²) in [6, 6.07) is 3.39. The average Bonchev–Trinajstić information content (AvgIpc) is 2.15. The lowest BCUT2D eigenvalue weighted by molar-refractivity contribution is -0.146. The molecular formula is C13H18O4. The summed E-state index contributed by atoms with van der Waals surface area (Å²) < 4.78 is 5.04. The van der Waals surface area contributed by atoms with Crippen LogP contribution in [0.2, 0.25) is 0 Å². The third kappa shape index (κ3) is 2.90. The van der Waals surface area contributed by atoms with Crippen LogP contribution >= 0.6 is 0 Å². The Bertz CT molecular complexity index is 412. The molecule has 0 atom stereocenters. The monoisotopic (exact) mass is 238 g/mol. The number of carboxylic acid groups (broad SMARTS) is 1. The molecule has 17 heavy (non-hydrogen) atoms. The summed E-state index contributed by atoms with van der Waals surface area (Å²) in [5.74, 6) is -0.379. The van der Waals surface area contributed by atoms with Gasteiger partial charge in [-0.1, -0.05) is 6.07 Å². The molecule has 0 radical (unpaired) electrons. The number of carbonyl (C=O) groups is 1. The second-order valence-electron chi connectivity index (χ2n) is 4.83. The van der Waals surface area contributed by atoms with Crippen molar-refractivity contribution in [3.63, 3.8) is 0 Å². The van der Waals surface area contributed by atoms with Crippen LogP contribution in [0, 0.1) is 12.3 Å². The molecule has 94 valence electrons. The smallest absolute Gasteiger partial charge is 0.309 e. The summed E-state index contributed by atoms with van der Waals surface area (Å²) in [7, 11) is 1.49. The van der Waals surface area contributed by atoms with Crippen molar-refractivity contribution in [2.75, 3.05) is 7.11 Å². The van der Waals surface area contributed by atoms with E-state index >= 15 is 0 Å². The van der Waals surface area contributed by atoms with Crippen molar-refractivity contribution in [2.24, 2.45) is 5.41 Å². The normalized spacial score (nSPS) is 11.3. The summed E-state index contributed by atoms with van der Waals surface area (Å²) >= 11 is 0. The maximum absolute atomic E-state index is 11.0. The van der Waals surface area contributed by atoms with Gasteiger partial charge in [0.2, 0.25) is 0 Å². The van der Waals surface area contributed by atoms with Gasteiger partial charge in [0.15, 0.2) is 11.5 Å². The van der Waals surface area contributed by atoms with E-state index in [1.807, 2.05) is 13.0 Å². The topological polar surface area (TPSA) is 66.8 Å². The summed E-state index contributed by atoms with van der Waals surface area (Å²) in [5, 5.41) is 18.8. The van der Waals surface area contributed by atoms with Crippen molar-refractivity contribution in [1.29, 1.82) is 0 Å². The summed E-state index contributed by atoms with van der Waals surface area (Å²) in [4.78, 5) is 11.0. The first-order chi connectivity index (χ1) is 7.77. The zero-order valence-corrected chi connectivity index (χ0v) is 10.6. The lowest BCUT2D eigenvalue weighted by Crippen LogP contribution is -2.26. The minimum absolute atomic E-state index is 0.0451. The number of aromatic hydroxyl groups is 1. The first-order valence-electron chi connectivity index (χ1n) is 5.38. The Morgan fingerprint density at radius 2 is 2.00 bits per heavy atom. The van der Waals surface area contributed by atoms with Crippen LogP contribution in [0.5, 0.6) is 11.5 Å². The van der Waals surface area contributed by atoms with Crippen molar-refractivity contribution in [1.82, 2.24) is 0 Å². The fourth-order valence-corrected chi connectivity index (χ4v) is 1.78. The Morgan fingerprint density at radius 1 is 1.41 bits per heavy atom. The number of aliphatic carboxylic acids is 1. The molecule has 0 saturated heterocycles. The lowest BCUT2D eigenvalue weighted by atomic mass is 9.85. The second-order valence-corrected chi connectivity index (χ2v) is 4.83. The van der Waals surface area contributed by atoms with Crippen LogP contribution in [0.25, 0.3) is 0 Å². The highest BCUT2D eigenvalue weighted by Crippen LogP contribution is 2.33. The highest BCUT2D eigenvalue weighted by Gasteiger charge is 2.27. The molecule has 0 aliphatic carbocycles. The first kappa shape index (κ1) is 13.4. The fraction of sp³-hybridized carbons (Fsp3) is 0.462. The van der Waals surface area contributed by atoms with Gasteiger partial charge in [-0.3, -0.25) is 4.79 Å². The van der Waals surface area contributed by atoms with Gasteiger partial charge in [0.05, 0.1) is 12.5 Å². The molecule has 4 heteroatoms. The van der Waals surface area contributed by atoms with Crippen LogP contribution in [0.15, 0.2) is 12.1 Å². The van der Waals surface area contributed by atoms with E-state index in [-0.39, 0.29) is 5.75 Å². The Hall–Kier alpha value is -1.71. The number of phenols is 1. The Kier molecular flexibility index (Phi) is 3.66. The first-order valence-corrected chi connectivity index (χ1v) is 5.38. The van der Waals surface area contributed by atoms with Crippen molar-refractivity contribution in [3.05, 3.63) is 23.3 Å². The van der Waals surface area contributed by atoms with Crippen LogP contribution in [-0.2, 0) is 11.2 Å². The van der Waals surface area contributed by atoms with E-state index in [1.54, 1.807) is 19.9 Å². The van der Waals surface area contributed by atoms with Gasteiger partial charge in [0, 0.05) is 0 Å². The largest absolute Gasteiger partial charge is 0.504 e. The SMILES string of the molecule is COc1c(C)cc(CC(C)(C)C(=O)O)cc1O. The zero-order valence-electron chi connectivity index (χ0n) is 10.6. The molecule has 0 aliphatic heterocycles. The van der Waals surface area contributed by atoms with Crippen molar-refractivity contribution in [3.8, 4) is 11.5 Å². The molecule has 0 spiro atoms. The third-order valence-electron chi connectivity index (χ3n) is 2.74. The van der Waals surface area contributed by atoms with Gasteiger partial charge in [-0.2, -0.15) is 0 Å². The Morgan fingerprint density at radius 3 is 2.41 bits per heavy atom. The molecule has 0 fully saturated rings. The quantitative estimate of drug-likeness (QED) is 0.845. The maximum Gasteiger partial charge on any atom is 0.309 e. The highest BCUT2D eigenvalue weighted by molar-refractivity contribution is 5.74. The van der Waals surface area contributed by atoms with Gasteiger partial charge in [0.1, 0.15) is 0 Å². The van der Waals surface area contributed by atoms with E-state index in [2.05, 4.69) is 0 Å². The molecule has 1 aromatic rings. The van der Waals surface area contributed by atoms with Gasteiger partial charge in [-0.15, -0.1) is 0 Å². The third-order valence-corrected chi connectivity index (χ3v) is 2.74. The van der Waals surface area contributed by atoms with Gasteiger partial charge in [0.25, 0.3) is 0 Å². The minimum atomic E-state index is -0.856. The molecule has 1 rings (SSSR count). The molecule has 0 amide bonds. The van der Waals surface area contributed by atoms with Gasteiger partial charge in [-0.05, 0) is 44.4 Å². The molecule has 0 aromatic heterocycles. The standard InChI is InChI=1S/C13H18O4/c1-8-5-9(6-10(14)11(8)17-4)7-13(2,3)12(15)16/h5-6,14H,7H2,1-4H3,(H,15,16). The van der Waals surface area contributed by atoms with E-state index in [9.17, 15) is 9.90 Å². The number of rotatable bonds is 4. The molecule has 0 bridgehead atoms. The van der Waals surface area contributed by atoms with Gasteiger partial charge >= 0.3 is 5.97 Å². The van der Waals surface area contributed by atoms with E-state index in [1.165, 1.54) is 7.11 Å². The lowest BCUT2D eigenvalue weighted by Gasteiger charge is -2.20. The molecular weight excluding hydrogens is 220 g/mol. The van der Waals surface area contributed by atoms with E-state index in [4.69, 9.17) is 9.84 Å². The summed E-state index contributed by atoms with van der Waals surface area (Å²) in [6.45, 7) is 5.13. The minimum Gasteiger partial charge on any atom is -0.504 e. The van der Waals surface area contributed by atoms with Crippen molar-refractivity contribution < 1.29 is 19.7 Å². The van der Waals surface area contributed by atoms with E-state index in [0.717, 1.165) is 11.1 Å². The summed E-state index contributed by atoms with van der Waals surface area (Å²) in [5.41, 5.74) is 0.727. The van der Waals surface area contributed by atoms with Crippen LogP contribution in [0.3, 0.4) is 0 Å².